The Bertz CT molecular complexity index is 983. The summed E-state index contributed by atoms with van der Waals surface area (Å²) < 4.78 is 28.3. The lowest BCUT2D eigenvalue weighted by Gasteiger charge is -2.17. The minimum atomic E-state index is -3.62. The highest BCUT2D eigenvalue weighted by Crippen LogP contribution is 2.31. The van der Waals surface area contributed by atoms with Crippen molar-refractivity contribution in [2.75, 3.05) is 16.2 Å². The molecule has 2 aliphatic rings. The van der Waals surface area contributed by atoms with Crippen LogP contribution in [0.15, 0.2) is 41.3 Å². The Hall–Kier alpha value is -2.34. The van der Waals surface area contributed by atoms with E-state index in [0.29, 0.717) is 17.1 Å². The summed E-state index contributed by atoms with van der Waals surface area (Å²) >= 11 is 0. The molecule has 6 heteroatoms. The van der Waals surface area contributed by atoms with E-state index < -0.39 is 10.0 Å². The molecule has 0 saturated heterocycles. The number of hydrogen-bond donors (Lipinski definition) is 1. The number of amides is 1. The Morgan fingerprint density at radius 2 is 1.73 bits per heavy atom. The van der Waals surface area contributed by atoms with Gasteiger partial charge in [0.25, 0.3) is 10.0 Å². The molecule has 1 heterocycles. The smallest absolute Gasteiger partial charge is 0.261 e. The molecule has 1 N–H and O–H groups in total. The van der Waals surface area contributed by atoms with Gasteiger partial charge in [0.05, 0.1) is 4.90 Å². The molecule has 26 heavy (non-hydrogen) atoms. The van der Waals surface area contributed by atoms with E-state index in [2.05, 4.69) is 4.72 Å². The first-order valence-corrected chi connectivity index (χ1v) is 10.5. The molecule has 0 atom stereocenters. The second-order valence-electron chi connectivity index (χ2n) is 7.01. The molecule has 0 aromatic heterocycles. The Balaban J connectivity index is 1.60. The molecule has 0 saturated carbocycles. The normalized spacial score (nSPS) is 16.1. The van der Waals surface area contributed by atoms with E-state index in [9.17, 15) is 13.2 Å². The third-order valence-corrected chi connectivity index (χ3v) is 6.62. The molecule has 1 amide bonds. The molecule has 0 radical (unpaired) electrons. The van der Waals surface area contributed by atoms with Gasteiger partial charge in [0.1, 0.15) is 0 Å². The molecule has 0 unspecified atom stereocenters. The summed E-state index contributed by atoms with van der Waals surface area (Å²) in [6.45, 7) is 2.19. The number of carbonyl (C=O) groups excluding carboxylic acids is 1. The topological polar surface area (TPSA) is 66.5 Å². The zero-order valence-corrected chi connectivity index (χ0v) is 15.6. The maximum Gasteiger partial charge on any atom is 0.261 e. The lowest BCUT2D eigenvalue weighted by molar-refractivity contribution is -0.116. The van der Waals surface area contributed by atoms with Gasteiger partial charge in [-0.2, -0.15) is 0 Å². The molecule has 2 aromatic rings. The number of aryl methyl sites for hydroxylation is 2. The van der Waals surface area contributed by atoms with Crippen LogP contribution in [0.25, 0.3) is 0 Å². The van der Waals surface area contributed by atoms with Crippen molar-refractivity contribution in [3.63, 3.8) is 0 Å². The Morgan fingerprint density at radius 1 is 0.962 bits per heavy atom. The van der Waals surface area contributed by atoms with Crippen LogP contribution in [0.2, 0.25) is 0 Å². The summed E-state index contributed by atoms with van der Waals surface area (Å²) in [4.78, 5) is 13.7. The molecule has 2 aromatic carbocycles. The van der Waals surface area contributed by atoms with Crippen LogP contribution in [-0.2, 0) is 34.1 Å². The molecule has 0 fully saturated rings. The molecule has 1 aliphatic carbocycles. The fourth-order valence-electron chi connectivity index (χ4n) is 3.88. The van der Waals surface area contributed by atoms with Crippen molar-refractivity contribution in [3.05, 3.63) is 53.1 Å². The maximum atomic E-state index is 12.8. The molecule has 4 rings (SSSR count). The summed E-state index contributed by atoms with van der Waals surface area (Å²) in [5.74, 6) is 0.00569. The Kier molecular flexibility index (Phi) is 4.23. The summed E-state index contributed by atoms with van der Waals surface area (Å²) in [5.41, 5.74) is 4.80. The SMILES string of the molecule is CC(=O)N1CCc2cc(NS(=O)(=O)c3ccc4c(c3)CCCC4)ccc21. The van der Waals surface area contributed by atoms with Crippen LogP contribution < -0.4 is 9.62 Å². The lowest BCUT2D eigenvalue weighted by Crippen LogP contribution is -2.25. The fourth-order valence-corrected chi connectivity index (χ4v) is 4.98. The van der Waals surface area contributed by atoms with Gasteiger partial charge in [-0.1, -0.05) is 6.07 Å². The quantitative estimate of drug-likeness (QED) is 0.902. The van der Waals surface area contributed by atoms with Crippen LogP contribution in [0.1, 0.15) is 36.5 Å². The van der Waals surface area contributed by atoms with E-state index in [4.69, 9.17) is 0 Å². The molecular formula is C20H22N2O3S. The van der Waals surface area contributed by atoms with Gasteiger partial charge in [-0.15, -0.1) is 0 Å². The first kappa shape index (κ1) is 17.1. The molecule has 0 spiro atoms. The number of rotatable bonds is 3. The molecule has 0 bridgehead atoms. The van der Waals surface area contributed by atoms with Crippen molar-refractivity contribution in [2.45, 2.75) is 43.9 Å². The van der Waals surface area contributed by atoms with E-state index in [1.54, 1.807) is 24.0 Å². The number of nitrogens with zero attached hydrogens (tertiary/aromatic N) is 1. The van der Waals surface area contributed by atoms with E-state index in [1.807, 2.05) is 24.3 Å². The molecule has 136 valence electrons. The second-order valence-corrected chi connectivity index (χ2v) is 8.69. The zero-order chi connectivity index (χ0) is 18.3. The highest BCUT2D eigenvalue weighted by atomic mass is 32.2. The Labute approximate surface area is 154 Å². The van der Waals surface area contributed by atoms with Gasteiger partial charge in [0.15, 0.2) is 0 Å². The lowest BCUT2D eigenvalue weighted by atomic mass is 9.92. The van der Waals surface area contributed by atoms with Crippen LogP contribution in [0.4, 0.5) is 11.4 Å². The first-order chi connectivity index (χ1) is 12.4. The number of benzene rings is 2. The maximum absolute atomic E-state index is 12.8. The van der Waals surface area contributed by atoms with Gasteiger partial charge < -0.3 is 4.90 Å². The van der Waals surface area contributed by atoms with Crippen molar-refractivity contribution >= 4 is 27.3 Å². The number of hydrogen-bond acceptors (Lipinski definition) is 3. The number of anilines is 2. The van der Waals surface area contributed by atoms with Crippen molar-refractivity contribution in [1.82, 2.24) is 0 Å². The monoisotopic (exact) mass is 370 g/mol. The largest absolute Gasteiger partial charge is 0.312 e. The minimum absolute atomic E-state index is 0.00569. The highest BCUT2D eigenvalue weighted by molar-refractivity contribution is 7.92. The molecular weight excluding hydrogens is 348 g/mol. The van der Waals surface area contributed by atoms with Crippen LogP contribution in [0, 0.1) is 0 Å². The Morgan fingerprint density at radius 3 is 2.50 bits per heavy atom. The van der Waals surface area contributed by atoms with Crippen molar-refractivity contribution < 1.29 is 13.2 Å². The van der Waals surface area contributed by atoms with Crippen molar-refractivity contribution in [1.29, 1.82) is 0 Å². The third-order valence-electron chi connectivity index (χ3n) is 5.24. The molecule has 1 aliphatic heterocycles. The van der Waals surface area contributed by atoms with Crippen LogP contribution >= 0.6 is 0 Å². The predicted octanol–water partition coefficient (Wildman–Crippen LogP) is 3.28. The second kappa shape index (κ2) is 6.43. The summed E-state index contributed by atoms with van der Waals surface area (Å²) in [5, 5.41) is 0. The van der Waals surface area contributed by atoms with E-state index in [-0.39, 0.29) is 5.91 Å². The summed E-state index contributed by atoms with van der Waals surface area (Å²) in [6, 6.07) is 10.8. The first-order valence-electron chi connectivity index (χ1n) is 9.00. The minimum Gasteiger partial charge on any atom is -0.312 e. The molecule has 5 nitrogen and oxygen atoms in total. The average molecular weight is 370 g/mol. The zero-order valence-electron chi connectivity index (χ0n) is 14.8. The van der Waals surface area contributed by atoms with Crippen molar-refractivity contribution in [2.24, 2.45) is 0 Å². The predicted molar refractivity (Wildman–Crippen MR) is 102 cm³/mol. The summed E-state index contributed by atoms with van der Waals surface area (Å²) in [7, 11) is -3.62. The fraction of sp³-hybridized carbons (Fsp3) is 0.350. The van der Waals surface area contributed by atoms with Crippen LogP contribution in [-0.4, -0.2) is 20.9 Å². The number of carbonyl (C=O) groups is 1. The number of nitrogens with one attached hydrogen (secondary N) is 1. The van der Waals surface area contributed by atoms with E-state index in [0.717, 1.165) is 42.5 Å². The standard InChI is InChI=1S/C20H22N2O3S/c1-14(23)22-11-10-17-12-18(7-9-20(17)22)21-26(24,25)19-8-6-15-4-2-3-5-16(15)13-19/h6-9,12-13,21H,2-5,10-11H2,1H3. The van der Waals surface area contributed by atoms with Crippen LogP contribution in [0.5, 0.6) is 0 Å². The van der Waals surface area contributed by atoms with Crippen LogP contribution in [0.3, 0.4) is 0 Å². The number of sulfonamides is 1. The average Bonchev–Trinajstić information content (AvgIpc) is 3.04. The van der Waals surface area contributed by atoms with Gasteiger partial charge in [0, 0.05) is 24.8 Å². The van der Waals surface area contributed by atoms with Gasteiger partial charge in [-0.25, -0.2) is 8.42 Å². The number of fused-ring (bicyclic) bond motifs is 2. The van der Waals surface area contributed by atoms with Crippen molar-refractivity contribution in [3.8, 4) is 0 Å². The van der Waals surface area contributed by atoms with Gasteiger partial charge in [-0.3, -0.25) is 9.52 Å². The van der Waals surface area contributed by atoms with Gasteiger partial charge in [0.2, 0.25) is 5.91 Å². The summed E-state index contributed by atoms with van der Waals surface area (Å²) in [6.07, 6.45) is 4.99. The van der Waals surface area contributed by atoms with E-state index >= 15 is 0 Å². The van der Waals surface area contributed by atoms with E-state index in [1.165, 1.54) is 12.0 Å². The van der Waals surface area contributed by atoms with Gasteiger partial charge >= 0.3 is 0 Å². The van der Waals surface area contributed by atoms with Gasteiger partial charge in [-0.05, 0) is 79.1 Å². The highest BCUT2D eigenvalue weighted by Gasteiger charge is 2.23. The third kappa shape index (κ3) is 3.09.